The molecule has 2 unspecified atom stereocenters. The summed E-state index contributed by atoms with van der Waals surface area (Å²) < 4.78 is 62.3. The molecule has 216 valence electrons. The Balaban J connectivity index is 1.51. The van der Waals surface area contributed by atoms with Crippen LogP contribution >= 0.6 is 11.8 Å². The third-order valence-electron chi connectivity index (χ3n) is 7.10. The van der Waals surface area contributed by atoms with Crippen molar-refractivity contribution in [2.24, 2.45) is 17.8 Å². The molecular weight excluding hydrogens is 535 g/mol. The lowest BCUT2D eigenvalue weighted by molar-refractivity contribution is -0.199. The second kappa shape index (κ2) is 15.1. The molecule has 1 aliphatic heterocycles. The molecule has 4 atom stereocenters. The number of hydrogen-bond acceptors (Lipinski definition) is 8. The first-order valence-electron chi connectivity index (χ1n) is 12.9. The van der Waals surface area contributed by atoms with Crippen molar-refractivity contribution in [1.82, 2.24) is 4.90 Å². The zero-order valence-electron chi connectivity index (χ0n) is 22.6. The number of benzene rings is 1. The van der Waals surface area contributed by atoms with Gasteiger partial charge in [-0.3, -0.25) is 9.69 Å². The minimum atomic E-state index is -4.70. The smallest absolute Gasteiger partial charge is 0.401 e. The number of carbonyl (C=O) groups is 2. The number of aryl methyl sites for hydroxylation is 2. The molecule has 0 amide bonds. The lowest BCUT2D eigenvalue weighted by Gasteiger charge is -2.26. The van der Waals surface area contributed by atoms with Gasteiger partial charge in [-0.1, -0.05) is 12.0 Å². The summed E-state index contributed by atoms with van der Waals surface area (Å²) in [5, 5.41) is 0. The molecule has 39 heavy (non-hydrogen) atoms. The van der Waals surface area contributed by atoms with Gasteiger partial charge in [-0.2, -0.15) is 13.2 Å². The van der Waals surface area contributed by atoms with Gasteiger partial charge in [0.15, 0.2) is 5.78 Å². The Labute approximate surface area is 232 Å². The van der Waals surface area contributed by atoms with Crippen LogP contribution in [0.4, 0.5) is 13.2 Å². The number of nitrogens with zero attached hydrogens (tertiary/aromatic N) is 1. The Morgan fingerprint density at radius 2 is 1.92 bits per heavy atom. The number of methoxy groups -OCH3 is 1. The molecule has 0 N–H and O–H groups in total. The van der Waals surface area contributed by atoms with Crippen LogP contribution in [0.1, 0.15) is 17.5 Å². The van der Waals surface area contributed by atoms with Gasteiger partial charge in [0.05, 0.1) is 19.3 Å². The Bertz CT molecular complexity index is 1030. The summed E-state index contributed by atoms with van der Waals surface area (Å²) in [4.78, 5) is 27.8. The molecule has 1 aliphatic carbocycles. The highest BCUT2D eigenvalue weighted by atomic mass is 32.2. The summed E-state index contributed by atoms with van der Waals surface area (Å²) in [5.74, 6) is 0.659. The molecule has 1 saturated carbocycles. The fourth-order valence-electron chi connectivity index (χ4n) is 4.77. The highest BCUT2D eigenvalue weighted by molar-refractivity contribution is 7.99. The molecular formula is C28H36F3NO6S. The lowest BCUT2D eigenvalue weighted by atomic mass is 9.92. The topological polar surface area (TPSA) is 74.3 Å². The monoisotopic (exact) mass is 571 g/mol. The van der Waals surface area contributed by atoms with Crippen molar-refractivity contribution in [3.63, 3.8) is 0 Å². The molecule has 7 nitrogen and oxygen atoms in total. The predicted octanol–water partition coefficient (Wildman–Crippen LogP) is 3.69. The van der Waals surface area contributed by atoms with Crippen molar-refractivity contribution in [2.45, 2.75) is 37.4 Å². The molecule has 0 spiro atoms. The van der Waals surface area contributed by atoms with Gasteiger partial charge in [-0.05, 0) is 37.1 Å². The van der Waals surface area contributed by atoms with E-state index in [2.05, 4.69) is 16.7 Å². The minimum absolute atomic E-state index is 0.0440. The summed E-state index contributed by atoms with van der Waals surface area (Å²) in [6, 6.07) is 5.82. The molecule has 1 heterocycles. The molecule has 2 fully saturated rings. The van der Waals surface area contributed by atoms with Crippen LogP contribution in [0.25, 0.3) is 0 Å². The van der Waals surface area contributed by atoms with Crippen molar-refractivity contribution >= 4 is 23.5 Å². The van der Waals surface area contributed by atoms with Crippen LogP contribution in [-0.2, 0) is 28.5 Å². The first-order valence-corrected chi connectivity index (χ1v) is 13.9. The maximum absolute atomic E-state index is 13.8. The first-order chi connectivity index (χ1) is 18.6. The van der Waals surface area contributed by atoms with Crippen LogP contribution in [-0.4, -0.2) is 94.5 Å². The predicted molar refractivity (Wildman–Crippen MR) is 140 cm³/mol. The van der Waals surface area contributed by atoms with Gasteiger partial charge in [0.2, 0.25) is 0 Å². The number of morpholine rings is 1. The van der Waals surface area contributed by atoms with Gasteiger partial charge < -0.3 is 18.9 Å². The number of esters is 1. The van der Waals surface area contributed by atoms with Gasteiger partial charge >= 0.3 is 12.1 Å². The van der Waals surface area contributed by atoms with E-state index < -0.39 is 41.8 Å². The van der Waals surface area contributed by atoms with E-state index in [0.717, 1.165) is 29.1 Å². The van der Waals surface area contributed by atoms with Crippen LogP contribution in [0.15, 0.2) is 23.1 Å². The highest BCUT2D eigenvalue weighted by Gasteiger charge is 2.60. The number of ketones is 1. The molecule has 1 aromatic rings. The number of rotatable bonds is 11. The zero-order chi connectivity index (χ0) is 28.4. The van der Waals surface area contributed by atoms with E-state index in [1.807, 2.05) is 32.0 Å². The summed E-state index contributed by atoms with van der Waals surface area (Å²) >= 11 is 1.36. The first kappa shape index (κ1) is 31.4. The second-order valence-corrected chi connectivity index (χ2v) is 10.8. The summed E-state index contributed by atoms with van der Waals surface area (Å²) in [6.07, 6.45) is -5.96. The van der Waals surface area contributed by atoms with Crippen LogP contribution in [0, 0.1) is 43.4 Å². The van der Waals surface area contributed by atoms with E-state index >= 15 is 0 Å². The van der Waals surface area contributed by atoms with Crippen molar-refractivity contribution < 1.29 is 41.7 Å². The average Bonchev–Trinajstić information content (AvgIpc) is 3.18. The molecule has 11 heteroatoms. The Morgan fingerprint density at radius 3 is 2.59 bits per heavy atom. The van der Waals surface area contributed by atoms with Gasteiger partial charge in [0, 0.05) is 55.6 Å². The normalized spacial score (nSPS) is 23.9. The molecule has 0 radical (unpaired) electrons. The average molecular weight is 572 g/mol. The van der Waals surface area contributed by atoms with Crippen LogP contribution < -0.4 is 0 Å². The van der Waals surface area contributed by atoms with Crippen molar-refractivity contribution in [2.75, 3.05) is 65.5 Å². The van der Waals surface area contributed by atoms with E-state index in [0.29, 0.717) is 19.8 Å². The Morgan fingerprint density at radius 1 is 1.18 bits per heavy atom. The van der Waals surface area contributed by atoms with Crippen LogP contribution in [0.3, 0.4) is 0 Å². The van der Waals surface area contributed by atoms with Crippen molar-refractivity contribution in [1.29, 1.82) is 0 Å². The minimum Gasteiger partial charge on any atom is -0.463 e. The van der Waals surface area contributed by atoms with E-state index in [1.54, 1.807) is 0 Å². The Kier molecular flexibility index (Phi) is 12.1. The maximum Gasteiger partial charge on any atom is 0.401 e. The standard InChI is InChI=1S/C28H36F3NO6S/c1-19-7-8-21(16-20(19)2)39-18-23-22(27(35-3)25(26(23)34)28(29,30)31)6-4-5-12-37-17-24(33)38-15-11-32-9-13-36-14-10-32/h7-8,16,22-23,25,27H,6,9-15,17-18H2,1-3H3/t22-,23-,25?,27?/m1/s1. The van der Waals surface area contributed by atoms with Gasteiger partial charge in [0.25, 0.3) is 0 Å². The second-order valence-electron chi connectivity index (χ2n) is 9.67. The number of carbonyl (C=O) groups excluding carboxylic acids is 2. The fourth-order valence-corrected chi connectivity index (χ4v) is 5.98. The number of hydrogen-bond donors (Lipinski definition) is 0. The van der Waals surface area contributed by atoms with Gasteiger partial charge in [-0.15, -0.1) is 17.7 Å². The SMILES string of the molecule is COC1C(C(F)(F)F)C(=O)[C@H](CSc2ccc(C)c(C)c2)[C@H]1CC#CCOCC(=O)OCCN1CCOCC1. The molecule has 1 aromatic carbocycles. The van der Waals surface area contributed by atoms with E-state index in [9.17, 15) is 22.8 Å². The molecule has 0 aromatic heterocycles. The number of thioether (sulfide) groups is 1. The fraction of sp³-hybridized carbons (Fsp3) is 0.643. The summed E-state index contributed by atoms with van der Waals surface area (Å²) in [6.45, 7) is 7.40. The molecule has 2 aliphatic rings. The third kappa shape index (κ3) is 9.22. The number of ether oxygens (including phenoxy) is 4. The van der Waals surface area contributed by atoms with Crippen molar-refractivity contribution in [3.8, 4) is 11.8 Å². The van der Waals surface area contributed by atoms with E-state index in [4.69, 9.17) is 18.9 Å². The molecule has 3 rings (SSSR count). The molecule has 1 saturated heterocycles. The van der Waals surface area contributed by atoms with E-state index in [1.165, 1.54) is 18.9 Å². The number of halogens is 3. The maximum atomic E-state index is 13.8. The Hall–Kier alpha value is -2.10. The van der Waals surface area contributed by atoms with Crippen LogP contribution in [0.5, 0.6) is 0 Å². The van der Waals surface area contributed by atoms with Crippen LogP contribution in [0.2, 0.25) is 0 Å². The lowest BCUT2D eigenvalue weighted by Crippen LogP contribution is -2.38. The van der Waals surface area contributed by atoms with E-state index in [-0.39, 0.29) is 32.0 Å². The quantitative estimate of drug-likeness (QED) is 0.172. The number of alkyl halides is 3. The van der Waals surface area contributed by atoms with Crippen molar-refractivity contribution in [3.05, 3.63) is 29.3 Å². The highest BCUT2D eigenvalue weighted by Crippen LogP contribution is 2.46. The van der Waals surface area contributed by atoms with Gasteiger partial charge in [-0.25, -0.2) is 4.79 Å². The molecule has 0 bridgehead atoms. The number of Topliss-reactive ketones (excluding diaryl/α,β-unsaturated/α-hetero) is 1. The third-order valence-corrected chi connectivity index (χ3v) is 8.22. The van der Waals surface area contributed by atoms with Gasteiger partial charge in [0.1, 0.15) is 25.7 Å². The zero-order valence-corrected chi connectivity index (χ0v) is 23.4. The largest absolute Gasteiger partial charge is 0.463 e. The summed E-state index contributed by atoms with van der Waals surface area (Å²) in [5.41, 5.74) is 2.19. The summed E-state index contributed by atoms with van der Waals surface area (Å²) in [7, 11) is 1.20.